The number of nitrogens with zero attached hydrogens (tertiary/aromatic N) is 2. The number of benzene rings is 1. The van der Waals surface area contributed by atoms with Gasteiger partial charge in [-0.1, -0.05) is 12.1 Å². The van der Waals surface area contributed by atoms with Gasteiger partial charge in [-0.05, 0) is 38.6 Å². The van der Waals surface area contributed by atoms with Crippen LogP contribution in [0.15, 0.2) is 36.7 Å². The molecule has 7 nitrogen and oxygen atoms in total. The molecule has 1 amide bonds. The first-order valence-corrected chi connectivity index (χ1v) is 8.74. The van der Waals surface area contributed by atoms with Crippen molar-refractivity contribution in [2.75, 3.05) is 25.6 Å². The van der Waals surface area contributed by atoms with Crippen LogP contribution < -0.4 is 10.6 Å². The van der Waals surface area contributed by atoms with Crippen molar-refractivity contribution in [1.82, 2.24) is 15.1 Å². The molecule has 0 saturated carbocycles. The number of aromatic nitrogens is 2. The van der Waals surface area contributed by atoms with Gasteiger partial charge in [-0.15, -0.1) is 12.4 Å². The summed E-state index contributed by atoms with van der Waals surface area (Å²) in [5, 5.41) is 10.1. The van der Waals surface area contributed by atoms with Gasteiger partial charge < -0.3 is 20.1 Å². The average Bonchev–Trinajstić information content (AvgIpc) is 3.01. The standard InChI is InChI=1S/C19H28N4O3.ClH/c1-14(2)26-9-8-25-13-15-6-5-7-17(10-15)22-19(24)18(20-3)16-11-21-23(4)12-16;/h5-7,10-12,14,18,20H,8-9,13H2,1-4H3,(H,22,24);1H. The van der Waals surface area contributed by atoms with Crippen LogP contribution in [0.2, 0.25) is 0 Å². The van der Waals surface area contributed by atoms with Gasteiger partial charge >= 0.3 is 0 Å². The molecular weight excluding hydrogens is 368 g/mol. The Balaban J connectivity index is 0.00000364. The van der Waals surface area contributed by atoms with Gasteiger partial charge in [0.1, 0.15) is 6.04 Å². The topological polar surface area (TPSA) is 77.4 Å². The molecule has 27 heavy (non-hydrogen) atoms. The summed E-state index contributed by atoms with van der Waals surface area (Å²) in [6, 6.07) is 7.18. The lowest BCUT2D eigenvalue weighted by molar-refractivity contribution is -0.118. The summed E-state index contributed by atoms with van der Waals surface area (Å²) >= 11 is 0. The quantitative estimate of drug-likeness (QED) is 0.604. The molecule has 1 aromatic heterocycles. The van der Waals surface area contributed by atoms with Crippen molar-refractivity contribution in [1.29, 1.82) is 0 Å². The number of hydrogen-bond donors (Lipinski definition) is 2. The highest BCUT2D eigenvalue weighted by molar-refractivity contribution is 5.95. The predicted molar refractivity (Wildman–Crippen MR) is 108 cm³/mol. The van der Waals surface area contributed by atoms with Crippen molar-refractivity contribution in [2.24, 2.45) is 7.05 Å². The fourth-order valence-corrected chi connectivity index (χ4v) is 2.52. The van der Waals surface area contributed by atoms with Gasteiger partial charge in [0.2, 0.25) is 5.91 Å². The lowest BCUT2D eigenvalue weighted by Crippen LogP contribution is -2.30. The monoisotopic (exact) mass is 396 g/mol. The van der Waals surface area contributed by atoms with E-state index in [1.165, 1.54) is 0 Å². The molecule has 8 heteroatoms. The minimum Gasteiger partial charge on any atom is -0.376 e. The third-order valence-electron chi connectivity index (χ3n) is 3.75. The van der Waals surface area contributed by atoms with E-state index in [2.05, 4.69) is 15.7 Å². The van der Waals surface area contributed by atoms with Crippen LogP contribution in [0, 0.1) is 0 Å². The molecule has 0 aliphatic rings. The zero-order valence-corrected chi connectivity index (χ0v) is 17.1. The molecule has 0 aliphatic carbocycles. The number of hydrogen-bond acceptors (Lipinski definition) is 5. The van der Waals surface area contributed by atoms with E-state index < -0.39 is 6.04 Å². The third kappa shape index (κ3) is 7.68. The highest BCUT2D eigenvalue weighted by atomic mass is 35.5. The Hall–Kier alpha value is -1.93. The van der Waals surface area contributed by atoms with Gasteiger partial charge in [0.05, 0.1) is 32.1 Å². The van der Waals surface area contributed by atoms with E-state index in [0.29, 0.717) is 19.8 Å². The van der Waals surface area contributed by atoms with Crippen LogP contribution in [-0.4, -0.2) is 42.1 Å². The molecule has 0 bridgehead atoms. The first-order chi connectivity index (χ1) is 12.5. The molecule has 150 valence electrons. The number of rotatable bonds is 10. The fourth-order valence-electron chi connectivity index (χ4n) is 2.52. The second-order valence-electron chi connectivity index (χ2n) is 6.33. The van der Waals surface area contributed by atoms with E-state index in [1.807, 2.05) is 51.4 Å². The molecule has 2 aromatic rings. The van der Waals surface area contributed by atoms with Gasteiger partial charge in [0, 0.05) is 24.5 Å². The van der Waals surface area contributed by atoms with E-state index in [-0.39, 0.29) is 24.4 Å². The van der Waals surface area contributed by atoms with Gasteiger partial charge in [0.25, 0.3) is 0 Å². The Bertz CT molecular complexity index is 706. The second kappa shape index (κ2) is 11.7. The molecule has 1 atom stereocenters. The van der Waals surface area contributed by atoms with Crippen LogP contribution in [0.3, 0.4) is 0 Å². The maximum absolute atomic E-state index is 12.6. The van der Waals surface area contributed by atoms with Gasteiger partial charge in [-0.2, -0.15) is 5.10 Å². The second-order valence-corrected chi connectivity index (χ2v) is 6.33. The average molecular weight is 397 g/mol. The van der Waals surface area contributed by atoms with E-state index >= 15 is 0 Å². The molecule has 2 N–H and O–H groups in total. The maximum atomic E-state index is 12.6. The minimum atomic E-state index is -0.461. The number of likely N-dealkylation sites (N-methyl/N-ethyl adjacent to an activating group) is 1. The number of ether oxygens (including phenoxy) is 2. The van der Waals surface area contributed by atoms with E-state index in [4.69, 9.17) is 9.47 Å². The smallest absolute Gasteiger partial charge is 0.246 e. The molecule has 0 radical (unpaired) electrons. The molecule has 0 fully saturated rings. The van der Waals surface area contributed by atoms with E-state index in [1.54, 1.807) is 17.9 Å². The molecule has 0 spiro atoms. The van der Waals surface area contributed by atoms with Crippen molar-refractivity contribution in [3.05, 3.63) is 47.8 Å². The van der Waals surface area contributed by atoms with Crippen LogP contribution in [0.1, 0.15) is 31.0 Å². The number of aryl methyl sites for hydroxylation is 1. The molecule has 0 saturated heterocycles. The minimum absolute atomic E-state index is 0. The van der Waals surface area contributed by atoms with Crippen LogP contribution in [-0.2, 0) is 27.9 Å². The maximum Gasteiger partial charge on any atom is 0.246 e. The summed E-state index contributed by atoms with van der Waals surface area (Å²) in [5.41, 5.74) is 2.55. The first kappa shape index (κ1) is 23.1. The number of carbonyl (C=O) groups excluding carboxylic acids is 1. The number of anilines is 1. The van der Waals surface area contributed by atoms with E-state index in [9.17, 15) is 4.79 Å². The summed E-state index contributed by atoms with van der Waals surface area (Å²) in [6.07, 6.45) is 3.71. The fraction of sp³-hybridized carbons (Fsp3) is 0.474. The molecule has 0 aliphatic heterocycles. The number of nitrogens with one attached hydrogen (secondary N) is 2. The summed E-state index contributed by atoms with van der Waals surface area (Å²) in [6.45, 7) is 5.58. The van der Waals surface area contributed by atoms with Crippen molar-refractivity contribution in [2.45, 2.75) is 32.6 Å². The highest BCUT2D eigenvalue weighted by Crippen LogP contribution is 2.16. The highest BCUT2D eigenvalue weighted by Gasteiger charge is 2.20. The Morgan fingerprint density at radius 1 is 1.30 bits per heavy atom. The Kier molecular flexibility index (Phi) is 10.0. The molecular formula is C19H29ClN4O3. The molecule has 1 unspecified atom stereocenters. The molecule has 2 rings (SSSR count). The van der Waals surface area contributed by atoms with Gasteiger partial charge in [-0.25, -0.2) is 0 Å². The largest absolute Gasteiger partial charge is 0.376 e. The number of halogens is 1. The van der Waals surface area contributed by atoms with Crippen LogP contribution in [0.25, 0.3) is 0 Å². The van der Waals surface area contributed by atoms with Gasteiger partial charge in [-0.3, -0.25) is 9.48 Å². The van der Waals surface area contributed by atoms with Crippen LogP contribution in [0.5, 0.6) is 0 Å². The predicted octanol–water partition coefficient (Wildman–Crippen LogP) is 2.68. The summed E-state index contributed by atoms with van der Waals surface area (Å²) in [7, 11) is 3.57. The number of amides is 1. The zero-order chi connectivity index (χ0) is 18.9. The molecule has 1 aromatic carbocycles. The van der Waals surface area contributed by atoms with Crippen molar-refractivity contribution in [3.8, 4) is 0 Å². The van der Waals surface area contributed by atoms with Crippen LogP contribution in [0.4, 0.5) is 5.69 Å². The lowest BCUT2D eigenvalue weighted by Gasteiger charge is -2.15. The molecule has 1 heterocycles. The van der Waals surface area contributed by atoms with Crippen molar-refractivity contribution >= 4 is 24.0 Å². The normalized spacial score (nSPS) is 11.9. The summed E-state index contributed by atoms with van der Waals surface area (Å²) in [4.78, 5) is 12.6. The van der Waals surface area contributed by atoms with Crippen molar-refractivity contribution < 1.29 is 14.3 Å². The van der Waals surface area contributed by atoms with Gasteiger partial charge in [0.15, 0.2) is 0 Å². The Labute approximate surface area is 166 Å². The van der Waals surface area contributed by atoms with Crippen LogP contribution >= 0.6 is 12.4 Å². The summed E-state index contributed by atoms with van der Waals surface area (Å²) < 4.78 is 12.7. The SMILES string of the molecule is CNC(C(=O)Nc1cccc(COCCOC(C)C)c1)c1cnn(C)c1.Cl. The number of carbonyl (C=O) groups is 1. The Morgan fingerprint density at radius 2 is 2.07 bits per heavy atom. The van der Waals surface area contributed by atoms with Crippen molar-refractivity contribution in [3.63, 3.8) is 0 Å². The van der Waals surface area contributed by atoms with E-state index in [0.717, 1.165) is 16.8 Å². The lowest BCUT2D eigenvalue weighted by atomic mass is 10.1. The third-order valence-corrected chi connectivity index (χ3v) is 3.75. The Morgan fingerprint density at radius 3 is 2.70 bits per heavy atom. The summed E-state index contributed by atoms with van der Waals surface area (Å²) in [5.74, 6) is -0.135. The first-order valence-electron chi connectivity index (χ1n) is 8.74. The zero-order valence-electron chi connectivity index (χ0n) is 16.3.